The molecule has 3 amide bonds. The fourth-order valence-electron chi connectivity index (χ4n) is 2.71. The largest absolute Gasteiger partial charge is 0.345 e. The molecule has 0 aliphatic carbocycles. The van der Waals surface area contributed by atoms with Gasteiger partial charge in [-0.1, -0.05) is 41.4 Å². The molecule has 162 valence electrons. The molecule has 1 aromatic rings. The third-order valence-electron chi connectivity index (χ3n) is 4.18. The van der Waals surface area contributed by atoms with E-state index in [2.05, 4.69) is 17.5 Å². The molecule has 2 rings (SSSR count). The van der Waals surface area contributed by atoms with Gasteiger partial charge in [0.1, 0.15) is 5.82 Å². The normalized spacial score (nSPS) is 14.1. The van der Waals surface area contributed by atoms with Gasteiger partial charge < -0.3 is 0 Å². The van der Waals surface area contributed by atoms with Crippen molar-refractivity contribution in [1.82, 2.24) is 20.8 Å². The molecule has 30 heavy (non-hydrogen) atoms. The molecule has 0 unspecified atom stereocenters. The number of amides is 3. The number of benzene rings is 1. The Morgan fingerprint density at radius 3 is 2.87 bits per heavy atom. The SMILES string of the molecule is C=CC[C@@H](CONC(=O)N1C=CC=C(Cl)C1)N(NCc1cccc(F)c1Cl)C(C)=O. The molecule has 0 radical (unpaired) electrons. The van der Waals surface area contributed by atoms with Crippen LogP contribution < -0.4 is 10.9 Å². The molecule has 7 nitrogen and oxygen atoms in total. The molecule has 10 heteroatoms. The van der Waals surface area contributed by atoms with Crippen LogP contribution in [0.3, 0.4) is 0 Å². The molecule has 0 bridgehead atoms. The number of nitrogens with zero attached hydrogens (tertiary/aromatic N) is 2. The zero-order valence-electron chi connectivity index (χ0n) is 16.4. The Kier molecular flexibility index (Phi) is 9.32. The topological polar surface area (TPSA) is 73.9 Å². The summed E-state index contributed by atoms with van der Waals surface area (Å²) in [7, 11) is 0. The summed E-state index contributed by atoms with van der Waals surface area (Å²) in [5, 5.41) is 1.84. The van der Waals surface area contributed by atoms with Crippen molar-refractivity contribution in [3.05, 3.63) is 70.6 Å². The van der Waals surface area contributed by atoms with Crippen molar-refractivity contribution in [2.45, 2.75) is 25.9 Å². The van der Waals surface area contributed by atoms with E-state index in [-0.39, 0.29) is 30.6 Å². The van der Waals surface area contributed by atoms with Crippen molar-refractivity contribution in [3.63, 3.8) is 0 Å². The van der Waals surface area contributed by atoms with E-state index in [1.807, 2.05) is 0 Å². The number of hydroxylamine groups is 1. The van der Waals surface area contributed by atoms with Gasteiger partial charge in [-0.05, 0) is 30.2 Å². The Labute approximate surface area is 184 Å². The molecule has 0 aromatic heterocycles. The second kappa shape index (κ2) is 11.7. The number of carbonyl (C=O) groups excluding carboxylic acids is 2. The van der Waals surface area contributed by atoms with Crippen molar-refractivity contribution in [3.8, 4) is 0 Å². The first-order chi connectivity index (χ1) is 14.3. The fraction of sp³-hybridized carbons (Fsp3) is 0.300. The first kappa shape index (κ1) is 23.9. The molecule has 1 atom stereocenters. The molecule has 1 aromatic carbocycles. The second-order valence-corrected chi connectivity index (χ2v) is 7.28. The van der Waals surface area contributed by atoms with Crippen LogP contribution in [-0.4, -0.2) is 41.0 Å². The highest BCUT2D eigenvalue weighted by atomic mass is 35.5. The highest BCUT2D eigenvalue weighted by Gasteiger charge is 2.22. The molecular weight excluding hydrogens is 434 g/mol. The number of allylic oxidation sites excluding steroid dienone is 2. The van der Waals surface area contributed by atoms with E-state index in [0.29, 0.717) is 17.0 Å². The van der Waals surface area contributed by atoms with Crippen LogP contribution in [0.1, 0.15) is 18.9 Å². The Morgan fingerprint density at radius 1 is 1.43 bits per heavy atom. The summed E-state index contributed by atoms with van der Waals surface area (Å²) in [6.07, 6.45) is 6.91. The van der Waals surface area contributed by atoms with Crippen LogP contribution in [0.4, 0.5) is 9.18 Å². The Hall–Kier alpha value is -2.39. The van der Waals surface area contributed by atoms with Crippen LogP contribution in [0.25, 0.3) is 0 Å². The van der Waals surface area contributed by atoms with Crippen molar-refractivity contribution in [2.24, 2.45) is 0 Å². The molecule has 0 spiro atoms. The Bertz CT molecular complexity index is 847. The van der Waals surface area contributed by atoms with Gasteiger partial charge in [0.25, 0.3) is 0 Å². The van der Waals surface area contributed by atoms with Crippen molar-refractivity contribution in [1.29, 1.82) is 0 Å². The number of hydrogen-bond donors (Lipinski definition) is 2. The van der Waals surface area contributed by atoms with Gasteiger partial charge >= 0.3 is 6.03 Å². The average Bonchev–Trinajstić information content (AvgIpc) is 2.70. The van der Waals surface area contributed by atoms with E-state index in [1.54, 1.807) is 30.5 Å². The fourth-order valence-corrected chi connectivity index (χ4v) is 3.10. The number of halogens is 3. The Balaban J connectivity index is 1.95. The number of urea groups is 1. The summed E-state index contributed by atoms with van der Waals surface area (Å²) in [6, 6.07) is 3.47. The second-order valence-electron chi connectivity index (χ2n) is 6.42. The molecule has 1 aliphatic heterocycles. The van der Waals surface area contributed by atoms with Gasteiger partial charge in [0, 0.05) is 24.7 Å². The zero-order chi connectivity index (χ0) is 22.1. The standard InChI is InChI=1S/C20H23Cl2FN4O3/c1-3-6-17(13-30-25-20(29)26-10-5-8-16(21)12-26)27(14(2)28)24-11-15-7-4-9-18(23)19(15)22/h3-5,7-10,17,24H,1,6,11-13H2,2H3,(H,25,29)/t17-/m0/s1. The third-order valence-corrected chi connectivity index (χ3v) is 4.84. The van der Waals surface area contributed by atoms with E-state index in [4.69, 9.17) is 28.0 Å². The smallest absolute Gasteiger partial charge is 0.294 e. The first-order valence-electron chi connectivity index (χ1n) is 9.11. The van der Waals surface area contributed by atoms with E-state index in [1.165, 1.54) is 29.0 Å². The minimum Gasteiger partial charge on any atom is -0.294 e. The minimum atomic E-state index is -0.541. The Morgan fingerprint density at radius 2 is 2.20 bits per heavy atom. The lowest BCUT2D eigenvalue weighted by Gasteiger charge is -2.31. The number of hydrogen-bond acceptors (Lipinski definition) is 4. The van der Waals surface area contributed by atoms with Crippen LogP contribution >= 0.6 is 23.2 Å². The van der Waals surface area contributed by atoms with Gasteiger partial charge in [0.05, 0.1) is 24.2 Å². The summed E-state index contributed by atoms with van der Waals surface area (Å²) >= 11 is 11.9. The predicted molar refractivity (Wildman–Crippen MR) is 114 cm³/mol. The highest BCUT2D eigenvalue weighted by molar-refractivity contribution is 6.31. The first-order valence-corrected chi connectivity index (χ1v) is 9.87. The molecule has 2 N–H and O–H groups in total. The lowest BCUT2D eigenvalue weighted by atomic mass is 10.2. The van der Waals surface area contributed by atoms with Crippen LogP contribution in [0.15, 0.2) is 54.2 Å². The number of nitrogens with one attached hydrogen (secondary N) is 2. The van der Waals surface area contributed by atoms with Crippen LogP contribution in [0, 0.1) is 5.82 Å². The van der Waals surface area contributed by atoms with Gasteiger partial charge in [-0.2, -0.15) is 0 Å². The van der Waals surface area contributed by atoms with Crippen molar-refractivity contribution in [2.75, 3.05) is 13.2 Å². The van der Waals surface area contributed by atoms with E-state index in [0.717, 1.165) is 0 Å². The summed E-state index contributed by atoms with van der Waals surface area (Å²) in [6.45, 7) is 5.42. The zero-order valence-corrected chi connectivity index (χ0v) is 17.9. The van der Waals surface area contributed by atoms with Crippen molar-refractivity contribution < 1.29 is 18.8 Å². The number of rotatable bonds is 9. The minimum absolute atomic E-state index is 0.0116. The van der Waals surface area contributed by atoms with Gasteiger partial charge in [-0.15, -0.1) is 6.58 Å². The lowest BCUT2D eigenvalue weighted by Crippen LogP contribution is -2.51. The maximum absolute atomic E-state index is 13.6. The summed E-state index contributed by atoms with van der Waals surface area (Å²) in [5.41, 5.74) is 5.76. The molecule has 0 fully saturated rings. The molecular formula is C20H23Cl2FN4O3. The maximum atomic E-state index is 13.6. The van der Waals surface area contributed by atoms with Crippen molar-refractivity contribution >= 4 is 35.1 Å². The van der Waals surface area contributed by atoms with Crippen LogP contribution in [-0.2, 0) is 16.2 Å². The van der Waals surface area contributed by atoms with Gasteiger partial charge in [-0.25, -0.2) is 20.1 Å². The predicted octanol–water partition coefficient (Wildman–Crippen LogP) is 3.87. The van der Waals surface area contributed by atoms with E-state index < -0.39 is 17.9 Å². The summed E-state index contributed by atoms with van der Waals surface area (Å²) in [5.74, 6) is -0.832. The maximum Gasteiger partial charge on any atom is 0.345 e. The molecule has 1 heterocycles. The number of carbonyl (C=O) groups is 2. The summed E-state index contributed by atoms with van der Waals surface area (Å²) in [4.78, 5) is 31.0. The van der Waals surface area contributed by atoms with Crippen LogP contribution in [0.2, 0.25) is 5.02 Å². The van der Waals surface area contributed by atoms with Crippen LogP contribution in [0.5, 0.6) is 0 Å². The summed E-state index contributed by atoms with van der Waals surface area (Å²) < 4.78 is 13.6. The van der Waals surface area contributed by atoms with E-state index in [9.17, 15) is 14.0 Å². The quantitative estimate of drug-likeness (QED) is 0.436. The monoisotopic (exact) mass is 456 g/mol. The van der Waals surface area contributed by atoms with Gasteiger partial charge in [0.15, 0.2) is 0 Å². The number of hydrazine groups is 1. The molecule has 1 aliphatic rings. The van der Waals surface area contributed by atoms with E-state index >= 15 is 0 Å². The molecule has 0 saturated carbocycles. The molecule has 0 saturated heterocycles. The highest BCUT2D eigenvalue weighted by Crippen LogP contribution is 2.19. The van der Waals surface area contributed by atoms with Gasteiger partial charge in [-0.3, -0.25) is 19.5 Å². The third kappa shape index (κ3) is 6.84. The van der Waals surface area contributed by atoms with Gasteiger partial charge in [0.2, 0.25) is 5.91 Å². The average molecular weight is 457 g/mol. The lowest BCUT2D eigenvalue weighted by molar-refractivity contribution is -0.137.